The average molecular weight is 291 g/mol. The standard InChI is InChI=1S/C18H29NO2/c1-18(2,3)14-8-6-7-9-15(14)19-16-12-13(20-4)10-11-17(16)21-5/h10-12,14-15,19H,6-9H2,1-5H3. The first-order valence-corrected chi connectivity index (χ1v) is 7.94. The van der Waals surface area contributed by atoms with E-state index in [1.165, 1.54) is 25.7 Å². The van der Waals surface area contributed by atoms with Crippen LogP contribution in [0.3, 0.4) is 0 Å². The molecule has 0 amide bonds. The van der Waals surface area contributed by atoms with E-state index in [9.17, 15) is 0 Å². The Bertz CT molecular complexity index is 465. The Labute approximate surface area is 129 Å². The maximum Gasteiger partial charge on any atom is 0.142 e. The molecule has 3 nitrogen and oxygen atoms in total. The van der Waals surface area contributed by atoms with E-state index in [1.54, 1.807) is 14.2 Å². The highest BCUT2D eigenvalue weighted by molar-refractivity contribution is 5.60. The van der Waals surface area contributed by atoms with Crippen molar-refractivity contribution in [3.63, 3.8) is 0 Å². The van der Waals surface area contributed by atoms with Gasteiger partial charge in [-0.3, -0.25) is 0 Å². The van der Waals surface area contributed by atoms with Gasteiger partial charge in [-0.15, -0.1) is 0 Å². The number of nitrogens with one attached hydrogen (secondary N) is 1. The van der Waals surface area contributed by atoms with Crippen LogP contribution in [0.25, 0.3) is 0 Å². The number of methoxy groups -OCH3 is 2. The first-order chi connectivity index (χ1) is 9.95. The van der Waals surface area contributed by atoms with Gasteiger partial charge in [0.2, 0.25) is 0 Å². The monoisotopic (exact) mass is 291 g/mol. The Morgan fingerprint density at radius 1 is 1.05 bits per heavy atom. The van der Waals surface area contributed by atoms with E-state index < -0.39 is 0 Å². The molecule has 118 valence electrons. The summed E-state index contributed by atoms with van der Waals surface area (Å²) in [6, 6.07) is 6.44. The van der Waals surface area contributed by atoms with Crippen LogP contribution >= 0.6 is 0 Å². The van der Waals surface area contributed by atoms with Crippen LogP contribution in [0, 0.1) is 11.3 Å². The molecule has 0 saturated heterocycles. The highest BCUT2D eigenvalue weighted by atomic mass is 16.5. The van der Waals surface area contributed by atoms with Crippen molar-refractivity contribution in [1.29, 1.82) is 0 Å². The Kier molecular flexibility index (Phi) is 5.02. The molecule has 0 spiro atoms. The molecule has 1 N–H and O–H groups in total. The summed E-state index contributed by atoms with van der Waals surface area (Å²) in [6.07, 6.45) is 5.17. The third kappa shape index (κ3) is 3.84. The number of anilines is 1. The van der Waals surface area contributed by atoms with E-state index >= 15 is 0 Å². The molecule has 1 fully saturated rings. The van der Waals surface area contributed by atoms with E-state index in [0.717, 1.165) is 17.2 Å². The molecular formula is C18H29NO2. The Balaban J connectivity index is 2.22. The van der Waals surface area contributed by atoms with Crippen molar-refractivity contribution in [2.45, 2.75) is 52.5 Å². The summed E-state index contributed by atoms with van der Waals surface area (Å²) in [5.74, 6) is 2.43. The second kappa shape index (κ2) is 6.59. The minimum atomic E-state index is 0.324. The lowest BCUT2D eigenvalue weighted by Crippen LogP contribution is -2.39. The second-order valence-electron chi connectivity index (χ2n) is 7.07. The molecule has 0 aromatic heterocycles. The molecule has 1 aromatic carbocycles. The molecule has 1 saturated carbocycles. The Morgan fingerprint density at radius 2 is 1.76 bits per heavy atom. The summed E-state index contributed by atoms with van der Waals surface area (Å²) >= 11 is 0. The highest BCUT2D eigenvalue weighted by Gasteiger charge is 2.34. The van der Waals surface area contributed by atoms with E-state index in [0.29, 0.717) is 17.4 Å². The molecular weight excluding hydrogens is 262 g/mol. The molecule has 1 aliphatic carbocycles. The molecule has 1 aliphatic rings. The quantitative estimate of drug-likeness (QED) is 0.870. The molecule has 0 heterocycles. The maximum absolute atomic E-state index is 5.49. The lowest BCUT2D eigenvalue weighted by Gasteiger charge is -2.41. The molecule has 2 unspecified atom stereocenters. The van der Waals surface area contributed by atoms with Gasteiger partial charge in [-0.25, -0.2) is 0 Å². The van der Waals surface area contributed by atoms with Crippen LogP contribution < -0.4 is 14.8 Å². The maximum atomic E-state index is 5.49. The van der Waals surface area contributed by atoms with Gasteiger partial charge in [-0.1, -0.05) is 33.6 Å². The van der Waals surface area contributed by atoms with Crippen LogP contribution in [0.1, 0.15) is 46.5 Å². The van der Waals surface area contributed by atoms with Crippen LogP contribution in [0.5, 0.6) is 11.5 Å². The fourth-order valence-corrected chi connectivity index (χ4v) is 3.47. The van der Waals surface area contributed by atoms with Crippen molar-refractivity contribution in [3.05, 3.63) is 18.2 Å². The highest BCUT2D eigenvalue weighted by Crippen LogP contribution is 2.40. The van der Waals surface area contributed by atoms with Crippen molar-refractivity contribution in [2.24, 2.45) is 11.3 Å². The normalized spacial score (nSPS) is 22.7. The molecule has 0 aliphatic heterocycles. The lowest BCUT2D eigenvalue weighted by atomic mass is 9.69. The van der Waals surface area contributed by atoms with E-state index in [1.807, 2.05) is 18.2 Å². The van der Waals surface area contributed by atoms with E-state index in [-0.39, 0.29) is 0 Å². The van der Waals surface area contributed by atoms with Gasteiger partial charge in [-0.2, -0.15) is 0 Å². The second-order valence-corrected chi connectivity index (χ2v) is 7.07. The topological polar surface area (TPSA) is 30.5 Å². The summed E-state index contributed by atoms with van der Waals surface area (Å²) in [5.41, 5.74) is 1.36. The molecule has 0 bridgehead atoms. The number of hydrogen-bond acceptors (Lipinski definition) is 3. The average Bonchev–Trinajstić information content (AvgIpc) is 2.46. The van der Waals surface area contributed by atoms with Gasteiger partial charge in [0.15, 0.2) is 0 Å². The Hall–Kier alpha value is -1.38. The smallest absolute Gasteiger partial charge is 0.142 e. The summed E-state index contributed by atoms with van der Waals surface area (Å²) in [5, 5.41) is 3.73. The molecule has 2 atom stereocenters. The van der Waals surface area contributed by atoms with Crippen LogP contribution in [0.15, 0.2) is 18.2 Å². The van der Waals surface area contributed by atoms with E-state index in [2.05, 4.69) is 26.1 Å². The van der Waals surface area contributed by atoms with Crippen LogP contribution in [-0.2, 0) is 0 Å². The van der Waals surface area contributed by atoms with Crippen LogP contribution in [0.4, 0.5) is 5.69 Å². The third-order valence-electron chi connectivity index (χ3n) is 4.63. The number of rotatable bonds is 4. The van der Waals surface area contributed by atoms with E-state index in [4.69, 9.17) is 9.47 Å². The van der Waals surface area contributed by atoms with Gasteiger partial charge in [-0.05, 0) is 36.3 Å². The van der Waals surface area contributed by atoms with Gasteiger partial charge < -0.3 is 14.8 Å². The van der Waals surface area contributed by atoms with Crippen molar-refractivity contribution in [2.75, 3.05) is 19.5 Å². The predicted octanol–water partition coefficient (Wildman–Crippen LogP) is 4.72. The summed E-state index contributed by atoms with van der Waals surface area (Å²) < 4.78 is 10.8. The van der Waals surface area contributed by atoms with Crippen molar-refractivity contribution >= 4 is 5.69 Å². The molecule has 3 heteroatoms. The molecule has 21 heavy (non-hydrogen) atoms. The van der Waals surface area contributed by atoms with Crippen LogP contribution in [0.2, 0.25) is 0 Å². The predicted molar refractivity (Wildman–Crippen MR) is 88.4 cm³/mol. The van der Waals surface area contributed by atoms with Crippen LogP contribution in [-0.4, -0.2) is 20.3 Å². The van der Waals surface area contributed by atoms with Gasteiger partial charge in [0.05, 0.1) is 19.9 Å². The first-order valence-electron chi connectivity index (χ1n) is 7.94. The summed E-state index contributed by atoms with van der Waals surface area (Å²) in [4.78, 5) is 0. The number of hydrogen-bond donors (Lipinski definition) is 1. The molecule has 1 aromatic rings. The number of benzene rings is 1. The van der Waals surface area contributed by atoms with Crippen molar-refractivity contribution in [1.82, 2.24) is 0 Å². The fraction of sp³-hybridized carbons (Fsp3) is 0.667. The zero-order chi connectivity index (χ0) is 15.5. The molecule has 0 radical (unpaired) electrons. The minimum Gasteiger partial charge on any atom is -0.497 e. The zero-order valence-electron chi connectivity index (χ0n) is 14.0. The molecule has 2 rings (SSSR count). The SMILES string of the molecule is COc1ccc(OC)c(NC2CCCCC2C(C)(C)C)c1. The van der Waals surface area contributed by atoms with Crippen molar-refractivity contribution in [3.8, 4) is 11.5 Å². The minimum absolute atomic E-state index is 0.324. The lowest BCUT2D eigenvalue weighted by molar-refractivity contribution is 0.162. The third-order valence-corrected chi connectivity index (χ3v) is 4.63. The van der Waals surface area contributed by atoms with Gasteiger partial charge in [0, 0.05) is 12.1 Å². The summed E-state index contributed by atoms with van der Waals surface area (Å²) in [6.45, 7) is 7.04. The van der Waals surface area contributed by atoms with Gasteiger partial charge in [0.25, 0.3) is 0 Å². The Morgan fingerprint density at radius 3 is 2.38 bits per heavy atom. The number of ether oxygens (including phenoxy) is 2. The first kappa shape index (κ1) is 16.0. The van der Waals surface area contributed by atoms with Gasteiger partial charge in [0.1, 0.15) is 11.5 Å². The van der Waals surface area contributed by atoms with Gasteiger partial charge >= 0.3 is 0 Å². The summed E-state index contributed by atoms with van der Waals surface area (Å²) in [7, 11) is 3.42. The zero-order valence-corrected chi connectivity index (χ0v) is 14.0. The largest absolute Gasteiger partial charge is 0.497 e. The van der Waals surface area contributed by atoms with Crippen molar-refractivity contribution < 1.29 is 9.47 Å². The fourth-order valence-electron chi connectivity index (χ4n) is 3.47.